The molecular formula is C15H20N2O3S. The minimum absolute atomic E-state index is 0.0747. The van der Waals surface area contributed by atoms with Gasteiger partial charge in [0.05, 0.1) is 27.4 Å². The van der Waals surface area contributed by atoms with Gasteiger partial charge in [-0.15, -0.1) is 0 Å². The van der Waals surface area contributed by atoms with Crippen LogP contribution in [0, 0.1) is 0 Å². The Morgan fingerprint density at radius 2 is 1.86 bits per heavy atom. The Kier molecular flexibility index (Phi) is 5.44. The number of benzene rings is 1. The van der Waals surface area contributed by atoms with Gasteiger partial charge in [0.1, 0.15) is 0 Å². The normalized spacial score (nSPS) is 12.0. The maximum atomic E-state index is 5.73. The summed E-state index contributed by atoms with van der Waals surface area (Å²) < 4.78 is 16.2. The van der Waals surface area contributed by atoms with Crippen molar-refractivity contribution < 1.29 is 14.2 Å². The van der Waals surface area contributed by atoms with Crippen molar-refractivity contribution in [2.45, 2.75) is 12.5 Å². The lowest BCUT2D eigenvalue weighted by Crippen LogP contribution is -2.29. The lowest BCUT2D eigenvalue weighted by atomic mass is 9.99. The molecule has 2 rings (SSSR count). The minimum atomic E-state index is -0.0747. The van der Waals surface area contributed by atoms with Crippen LogP contribution in [0.3, 0.4) is 0 Å². The highest BCUT2D eigenvalue weighted by atomic mass is 32.1. The van der Waals surface area contributed by atoms with E-state index in [4.69, 9.17) is 20.1 Å². The fraction of sp³-hybridized carbons (Fsp3) is 0.333. The molecule has 0 radical (unpaired) electrons. The van der Waals surface area contributed by atoms with Crippen molar-refractivity contribution in [1.82, 2.24) is 5.43 Å². The zero-order valence-electron chi connectivity index (χ0n) is 12.4. The van der Waals surface area contributed by atoms with Gasteiger partial charge in [0, 0.05) is 5.56 Å². The molecule has 1 aromatic carbocycles. The van der Waals surface area contributed by atoms with Crippen LogP contribution in [-0.4, -0.2) is 21.3 Å². The highest BCUT2D eigenvalue weighted by Crippen LogP contribution is 2.42. The molecule has 3 N–H and O–H groups in total. The molecule has 1 unspecified atom stereocenters. The molecule has 1 aromatic heterocycles. The van der Waals surface area contributed by atoms with Crippen LogP contribution in [-0.2, 0) is 6.42 Å². The fourth-order valence-corrected chi connectivity index (χ4v) is 2.98. The molecule has 6 heteroatoms. The zero-order valence-corrected chi connectivity index (χ0v) is 13.2. The predicted octanol–water partition coefficient (Wildman–Crippen LogP) is 2.52. The van der Waals surface area contributed by atoms with Crippen LogP contribution in [0.4, 0.5) is 0 Å². The molecule has 5 nitrogen and oxygen atoms in total. The third-order valence-corrected chi connectivity index (χ3v) is 4.06. The van der Waals surface area contributed by atoms with Gasteiger partial charge >= 0.3 is 0 Å². The molecule has 21 heavy (non-hydrogen) atoms. The molecule has 1 heterocycles. The van der Waals surface area contributed by atoms with Crippen molar-refractivity contribution in [2.24, 2.45) is 5.84 Å². The number of rotatable bonds is 7. The number of nitrogens with two attached hydrogens (primary N) is 1. The van der Waals surface area contributed by atoms with E-state index in [-0.39, 0.29) is 6.04 Å². The van der Waals surface area contributed by atoms with E-state index < -0.39 is 0 Å². The summed E-state index contributed by atoms with van der Waals surface area (Å²) in [6, 6.07) is 5.81. The molecule has 0 saturated heterocycles. The van der Waals surface area contributed by atoms with Crippen molar-refractivity contribution in [1.29, 1.82) is 0 Å². The molecule has 0 saturated carbocycles. The summed E-state index contributed by atoms with van der Waals surface area (Å²) in [5.74, 6) is 7.57. The Labute approximate surface area is 128 Å². The van der Waals surface area contributed by atoms with Gasteiger partial charge in [-0.1, -0.05) is 0 Å². The van der Waals surface area contributed by atoms with E-state index in [1.54, 1.807) is 32.7 Å². The van der Waals surface area contributed by atoms with E-state index in [1.165, 1.54) is 5.56 Å². The predicted molar refractivity (Wildman–Crippen MR) is 84.2 cm³/mol. The summed E-state index contributed by atoms with van der Waals surface area (Å²) in [6.07, 6.45) is 0.770. The van der Waals surface area contributed by atoms with E-state index in [2.05, 4.69) is 22.3 Å². The first kappa shape index (κ1) is 15.6. The first-order chi connectivity index (χ1) is 10.2. The summed E-state index contributed by atoms with van der Waals surface area (Å²) in [6.45, 7) is 0. The molecule has 0 aliphatic carbocycles. The van der Waals surface area contributed by atoms with Gasteiger partial charge in [0.15, 0.2) is 11.5 Å². The Morgan fingerprint density at radius 1 is 1.10 bits per heavy atom. The number of hydrogen-bond donors (Lipinski definition) is 2. The van der Waals surface area contributed by atoms with Gasteiger partial charge in [0.25, 0.3) is 0 Å². The molecule has 114 valence electrons. The number of nitrogens with one attached hydrogen (secondary N) is 1. The van der Waals surface area contributed by atoms with Crippen LogP contribution >= 0.6 is 11.3 Å². The summed E-state index contributed by atoms with van der Waals surface area (Å²) >= 11 is 1.67. The number of methoxy groups -OCH3 is 3. The molecule has 0 aliphatic heterocycles. The van der Waals surface area contributed by atoms with Crippen molar-refractivity contribution in [2.75, 3.05) is 21.3 Å². The van der Waals surface area contributed by atoms with E-state index in [0.717, 1.165) is 12.0 Å². The van der Waals surface area contributed by atoms with Gasteiger partial charge in [0.2, 0.25) is 5.75 Å². The van der Waals surface area contributed by atoms with Gasteiger partial charge in [-0.25, -0.2) is 0 Å². The maximum Gasteiger partial charge on any atom is 0.203 e. The standard InChI is InChI=1S/C15H20N2O3S/c1-18-13-5-4-11(14(19-2)15(13)20-3)12(17-16)8-10-6-7-21-9-10/h4-7,9,12,17H,8,16H2,1-3H3. The SMILES string of the molecule is COc1ccc(C(Cc2ccsc2)NN)c(OC)c1OC. The molecule has 1 atom stereocenters. The summed E-state index contributed by atoms with van der Waals surface area (Å²) in [5, 5.41) is 4.16. The van der Waals surface area contributed by atoms with Crippen LogP contribution in [0.2, 0.25) is 0 Å². The van der Waals surface area contributed by atoms with Gasteiger partial charge in [-0.3, -0.25) is 11.3 Å². The lowest BCUT2D eigenvalue weighted by Gasteiger charge is -2.21. The summed E-state index contributed by atoms with van der Waals surface area (Å²) in [5.41, 5.74) is 5.00. The molecule has 0 amide bonds. The smallest absolute Gasteiger partial charge is 0.203 e. The number of hydrazine groups is 1. The van der Waals surface area contributed by atoms with Crippen molar-refractivity contribution >= 4 is 11.3 Å². The van der Waals surface area contributed by atoms with Crippen LogP contribution in [0.15, 0.2) is 29.0 Å². The Morgan fingerprint density at radius 3 is 2.38 bits per heavy atom. The largest absolute Gasteiger partial charge is 0.493 e. The topological polar surface area (TPSA) is 65.7 Å². The Hall–Kier alpha value is -1.76. The molecule has 0 bridgehead atoms. The zero-order chi connectivity index (χ0) is 15.2. The van der Waals surface area contributed by atoms with Crippen molar-refractivity contribution in [3.63, 3.8) is 0 Å². The molecule has 0 fully saturated rings. The van der Waals surface area contributed by atoms with E-state index in [0.29, 0.717) is 17.2 Å². The van der Waals surface area contributed by atoms with Gasteiger partial charge < -0.3 is 14.2 Å². The minimum Gasteiger partial charge on any atom is -0.493 e. The van der Waals surface area contributed by atoms with E-state index in [9.17, 15) is 0 Å². The number of thiophene rings is 1. The van der Waals surface area contributed by atoms with E-state index in [1.807, 2.05) is 12.1 Å². The molecule has 0 spiro atoms. The quantitative estimate of drug-likeness (QED) is 0.608. The van der Waals surface area contributed by atoms with Gasteiger partial charge in [-0.2, -0.15) is 11.3 Å². The average molecular weight is 308 g/mol. The van der Waals surface area contributed by atoms with Crippen molar-refractivity contribution in [3.05, 3.63) is 40.1 Å². The Balaban J connectivity index is 2.40. The monoisotopic (exact) mass is 308 g/mol. The van der Waals surface area contributed by atoms with Crippen LogP contribution in [0.5, 0.6) is 17.2 Å². The van der Waals surface area contributed by atoms with Gasteiger partial charge in [-0.05, 0) is 40.9 Å². The first-order valence-corrected chi connectivity index (χ1v) is 7.45. The van der Waals surface area contributed by atoms with Crippen LogP contribution in [0.25, 0.3) is 0 Å². The second-order valence-electron chi connectivity index (χ2n) is 4.48. The number of hydrogen-bond acceptors (Lipinski definition) is 6. The summed E-state index contributed by atoms with van der Waals surface area (Å²) in [7, 11) is 4.80. The second kappa shape index (κ2) is 7.31. The number of ether oxygens (including phenoxy) is 3. The van der Waals surface area contributed by atoms with Crippen LogP contribution in [0.1, 0.15) is 17.2 Å². The third kappa shape index (κ3) is 3.29. The molecule has 0 aliphatic rings. The third-order valence-electron chi connectivity index (χ3n) is 3.33. The van der Waals surface area contributed by atoms with E-state index >= 15 is 0 Å². The van der Waals surface area contributed by atoms with Crippen LogP contribution < -0.4 is 25.5 Å². The van der Waals surface area contributed by atoms with Crippen molar-refractivity contribution in [3.8, 4) is 17.2 Å². The summed E-state index contributed by atoms with van der Waals surface area (Å²) in [4.78, 5) is 0. The second-order valence-corrected chi connectivity index (χ2v) is 5.26. The molecule has 2 aromatic rings. The lowest BCUT2D eigenvalue weighted by molar-refractivity contribution is 0.319. The maximum absolute atomic E-state index is 5.73. The first-order valence-electron chi connectivity index (χ1n) is 6.51. The molecular weight excluding hydrogens is 288 g/mol. The Bertz CT molecular complexity index is 573. The fourth-order valence-electron chi connectivity index (χ4n) is 2.30. The average Bonchev–Trinajstić information content (AvgIpc) is 3.04. The highest BCUT2D eigenvalue weighted by Gasteiger charge is 2.22. The highest BCUT2D eigenvalue weighted by molar-refractivity contribution is 7.07.